The van der Waals surface area contributed by atoms with Crippen molar-refractivity contribution in [1.82, 2.24) is 5.32 Å². The standard InChI is InChI=1S/C18H18ClF3N2O2/c1-24(13-8-6-12(19)7-9-13)11-14(25)10-23-17(26)15-4-2-3-5-16(15)18(20,21)22/h2-9,14,25H,10-11H2,1H3,(H,23,26). The summed E-state index contributed by atoms with van der Waals surface area (Å²) in [6.07, 6.45) is -5.58. The van der Waals surface area contributed by atoms with Gasteiger partial charge in [-0.2, -0.15) is 13.2 Å². The minimum absolute atomic E-state index is 0.178. The molecule has 1 atom stereocenters. The third-order valence-corrected chi connectivity index (χ3v) is 3.98. The molecule has 0 aliphatic carbocycles. The lowest BCUT2D eigenvalue weighted by atomic mass is 10.1. The molecule has 0 aliphatic heterocycles. The first-order valence-corrected chi connectivity index (χ1v) is 8.15. The molecule has 1 unspecified atom stereocenters. The van der Waals surface area contributed by atoms with Crippen molar-refractivity contribution in [1.29, 1.82) is 0 Å². The maximum absolute atomic E-state index is 13.0. The SMILES string of the molecule is CN(CC(O)CNC(=O)c1ccccc1C(F)(F)F)c1ccc(Cl)cc1. The molecule has 0 bridgehead atoms. The largest absolute Gasteiger partial charge is 0.417 e. The van der Waals surface area contributed by atoms with Crippen LogP contribution in [0.4, 0.5) is 18.9 Å². The Morgan fingerprint density at radius 2 is 1.81 bits per heavy atom. The van der Waals surface area contributed by atoms with Crippen LogP contribution < -0.4 is 10.2 Å². The average molecular weight is 387 g/mol. The lowest BCUT2D eigenvalue weighted by Crippen LogP contribution is -2.39. The van der Waals surface area contributed by atoms with Gasteiger partial charge < -0.3 is 15.3 Å². The number of aliphatic hydroxyl groups excluding tert-OH is 1. The van der Waals surface area contributed by atoms with Crippen molar-refractivity contribution in [2.45, 2.75) is 12.3 Å². The van der Waals surface area contributed by atoms with E-state index in [2.05, 4.69) is 5.32 Å². The molecule has 0 aliphatic rings. The summed E-state index contributed by atoms with van der Waals surface area (Å²) >= 11 is 5.81. The summed E-state index contributed by atoms with van der Waals surface area (Å²) in [7, 11) is 1.74. The number of nitrogens with one attached hydrogen (secondary N) is 1. The van der Waals surface area contributed by atoms with Crippen LogP contribution >= 0.6 is 11.6 Å². The van der Waals surface area contributed by atoms with Crippen LogP contribution in [0.15, 0.2) is 48.5 Å². The minimum Gasteiger partial charge on any atom is -0.389 e. The summed E-state index contributed by atoms with van der Waals surface area (Å²) in [5.41, 5.74) is -0.675. The van der Waals surface area contributed by atoms with Crippen LogP contribution in [-0.4, -0.2) is 37.3 Å². The highest BCUT2D eigenvalue weighted by Crippen LogP contribution is 2.31. The predicted molar refractivity (Wildman–Crippen MR) is 94.5 cm³/mol. The molecule has 8 heteroatoms. The molecule has 140 valence electrons. The van der Waals surface area contributed by atoms with Crippen molar-refractivity contribution in [3.05, 3.63) is 64.7 Å². The second-order valence-electron chi connectivity index (χ2n) is 5.76. The summed E-state index contributed by atoms with van der Waals surface area (Å²) in [5, 5.41) is 13.0. The van der Waals surface area contributed by atoms with E-state index in [0.29, 0.717) is 5.02 Å². The normalized spacial score (nSPS) is 12.5. The van der Waals surface area contributed by atoms with Gasteiger partial charge in [-0.25, -0.2) is 0 Å². The Hall–Kier alpha value is -2.25. The molecule has 26 heavy (non-hydrogen) atoms. The fourth-order valence-corrected chi connectivity index (χ4v) is 2.54. The van der Waals surface area contributed by atoms with Crippen molar-refractivity contribution < 1.29 is 23.1 Å². The van der Waals surface area contributed by atoms with E-state index in [1.54, 1.807) is 36.2 Å². The number of nitrogens with zero attached hydrogens (tertiary/aromatic N) is 1. The number of rotatable bonds is 6. The highest BCUT2D eigenvalue weighted by atomic mass is 35.5. The Labute approximate surface area is 154 Å². The van der Waals surface area contributed by atoms with E-state index in [9.17, 15) is 23.1 Å². The molecule has 0 spiro atoms. The van der Waals surface area contributed by atoms with Gasteiger partial charge in [-0.15, -0.1) is 0 Å². The molecule has 2 rings (SSSR count). The Morgan fingerprint density at radius 3 is 2.42 bits per heavy atom. The Morgan fingerprint density at radius 1 is 1.19 bits per heavy atom. The predicted octanol–water partition coefficient (Wildman–Crippen LogP) is 3.59. The van der Waals surface area contributed by atoms with Gasteiger partial charge in [0, 0.05) is 30.8 Å². The number of alkyl halides is 3. The second-order valence-corrected chi connectivity index (χ2v) is 6.20. The number of benzene rings is 2. The molecule has 1 amide bonds. The van der Waals surface area contributed by atoms with Crippen LogP contribution in [0, 0.1) is 0 Å². The Bertz CT molecular complexity index is 751. The smallest absolute Gasteiger partial charge is 0.389 e. The van der Waals surface area contributed by atoms with Crippen molar-refractivity contribution in [2.24, 2.45) is 0 Å². The van der Waals surface area contributed by atoms with Crippen LogP contribution in [0.5, 0.6) is 0 Å². The van der Waals surface area contributed by atoms with Crippen LogP contribution in [0.2, 0.25) is 5.02 Å². The number of likely N-dealkylation sites (N-methyl/N-ethyl adjacent to an activating group) is 1. The molecular formula is C18H18ClF3N2O2. The number of halogens is 4. The molecule has 2 N–H and O–H groups in total. The zero-order valence-corrected chi connectivity index (χ0v) is 14.7. The minimum atomic E-state index is -4.62. The molecular weight excluding hydrogens is 369 g/mol. The topological polar surface area (TPSA) is 52.6 Å². The lowest BCUT2D eigenvalue weighted by molar-refractivity contribution is -0.137. The van der Waals surface area contributed by atoms with E-state index in [-0.39, 0.29) is 13.1 Å². The average Bonchev–Trinajstić information content (AvgIpc) is 2.59. The summed E-state index contributed by atoms with van der Waals surface area (Å²) in [4.78, 5) is 13.8. The number of carbonyl (C=O) groups is 1. The van der Waals surface area contributed by atoms with Crippen molar-refractivity contribution in [2.75, 3.05) is 25.0 Å². The molecule has 0 saturated heterocycles. The third-order valence-electron chi connectivity index (χ3n) is 3.73. The number of anilines is 1. The quantitative estimate of drug-likeness (QED) is 0.797. The fraction of sp³-hybridized carbons (Fsp3) is 0.278. The highest BCUT2D eigenvalue weighted by Gasteiger charge is 2.34. The van der Waals surface area contributed by atoms with E-state index in [1.807, 2.05) is 0 Å². The van der Waals surface area contributed by atoms with Gasteiger partial charge in [-0.1, -0.05) is 23.7 Å². The van der Waals surface area contributed by atoms with Crippen molar-refractivity contribution in [3.8, 4) is 0 Å². The van der Waals surface area contributed by atoms with Crippen LogP contribution in [-0.2, 0) is 6.18 Å². The molecule has 4 nitrogen and oxygen atoms in total. The third kappa shape index (κ3) is 5.37. The zero-order valence-electron chi connectivity index (χ0n) is 13.9. The van der Waals surface area contributed by atoms with E-state index in [1.165, 1.54) is 12.1 Å². The number of hydrogen-bond donors (Lipinski definition) is 2. The van der Waals surface area contributed by atoms with Crippen molar-refractivity contribution >= 4 is 23.2 Å². The highest BCUT2D eigenvalue weighted by molar-refractivity contribution is 6.30. The number of amides is 1. The Kier molecular flexibility index (Phi) is 6.50. The van der Waals surface area contributed by atoms with Crippen LogP contribution in [0.1, 0.15) is 15.9 Å². The molecule has 0 aromatic heterocycles. The first-order valence-electron chi connectivity index (χ1n) is 7.77. The zero-order chi connectivity index (χ0) is 19.3. The molecule has 0 radical (unpaired) electrons. The van der Waals surface area contributed by atoms with Gasteiger partial charge in [0.2, 0.25) is 0 Å². The van der Waals surface area contributed by atoms with E-state index >= 15 is 0 Å². The van der Waals surface area contributed by atoms with Gasteiger partial charge in [-0.05, 0) is 36.4 Å². The molecule has 0 saturated carbocycles. The maximum Gasteiger partial charge on any atom is 0.417 e. The van der Waals surface area contributed by atoms with Crippen molar-refractivity contribution in [3.63, 3.8) is 0 Å². The monoisotopic (exact) mass is 386 g/mol. The Balaban J connectivity index is 1.94. The first kappa shape index (κ1) is 20.1. The van der Waals surface area contributed by atoms with E-state index < -0.39 is 29.3 Å². The summed E-state index contributed by atoms with van der Waals surface area (Å²) in [5.74, 6) is -0.883. The van der Waals surface area contributed by atoms with Gasteiger partial charge >= 0.3 is 6.18 Å². The lowest BCUT2D eigenvalue weighted by Gasteiger charge is -2.23. The molecule has 2 aromatic rings. The number of aliphatic hydroxyl groups is 1. The van der Waals surface area contributed by atoms with E-state index in [4.69, 9.17) is 11.6 Å². The second kappa shape index (κ2) is 8.42. The first-order chi connectivity index (χ1) is 12.2. The number of hydrogen-bond acceptors (Lipinski definition) is 3. The summed E-state index contributed by atoms with van der Waals surface area (Å²) in [6.45, 7) is 0.00574. The van der Waals surface area contributed by atoms with Crippen LogP contribution in [0.25, 0.3) is 0 Å². The van der Waals surface area contributed by atoms with Gasteiger partial charge in [0.1, 0.15) is 0 Å². The maximum atomic E-state index is 13.0. The number of carbonyl (C=O) groups excluding carboxylic acids is 1. The van der Waals surface area contributed by atoms with Gasteiger partial charge in [0.25, 0.3) is 5.91 Å². The molecule has 0 heterocycles. The fourth-order valence-electron chi connectivity index (χ4n) is 2.42. The van der Waals surface area contributed by atoms with Gasteiger partial charge in [0.05, 0.1) is 17.2 Å². The molecule has 2 aromatic carbocycles. The van der Waals surface area contributed by atoms with Crippen LogP contribution in [0.3, 0.4) is 0 Å². The summed E-state index contributed by atoms with van der Waals surface area (Å²) in [6, 6.07) is 11.5. The summed E-state index contributed by atoms with van der Waals surface area (Å²) < 4.78 is 38.9. The van der Waals surface area contributed by atoms with Gasteiger partial charge in [0.15, 0.2) is 0 Å². The van der Waals surface area contributed by atoms with Gasteiger partial charge in [-0.3, -0.25) is 4.79 Å². The molecule has 0 fully saturated rings. The van der Waals surface area contributed by atoms with E-state index in [0.717, 1.165) is 17.8 Å².